The summed E-state index contributed by atoms with van der Waals surface area (Å²) in [6.45, 7) is 0.950. The Bertz CT molecular complexity index is 1540. The fraction of sp³-hybridized carbons (Fsp3) is 0.258. The molecule has 2 amide bonds. The average Bonchev–Trinajstić information content (AvgIpc) is 3.55. The van der Waals surface area contributed by atoms with Crippen LogP contribution in [0.1, 0.15) is 29.0 Å². The smallest absolute Gasteiger partial charge is 0.461 e. The maximum Gasteiger partial charge on any atom is 0.510 e. The Morgan fingerprint density at radius 2 is 1.66 bits per heavy atom. The lowest BCUT2D eigenvalue weighted by Crippen LogP contribution is -2.81. The van der Waals surface area contributed by atoms with Crippen molar-refractivity contribution in [3.8, 4) is 0 Å². The molecule has 2 atom stereocenters. The maximum absolute atomic E-state index is 14.0. The van der Waals surface area contributed by atoms with E-state index >= 15 is 0 Å². The molecule has 228 valence electrons. The number of thiophene rings is 1. The van der Waals surface area contributed by atoms with Crippen LogP contribution >= 0.6 is 23.1 Å². The number of nitrogens with zero attached hydrogens (tertiary/aromatic N) is 1. The molecule has 11 nitrogen and oxygen atoms in total. The summed E-state index contributed by atoms with van der Waals surface area (Å²) in [7, 11) is 1.08. The zero-order valence-corrected chi connectivity index (χ0v) is 25.4. The summed E-state index contributed by atoms with van der Waals surface area (Å²) >= 11 is 2.48. The second kappa shape index (κ2) is 13.3. The number of fused-ring (bicyclic) bond motifs is 1. The van der Waals surface area contributed by atoms with Crippen molar-refractivity contribution in [3.05, 3.63) is 105 Å². The predicted molar refractivity (Wildman–Crippen MR) is 160 cm³/mol. The molecule has 5 rings (SSSR count). The summed E-state index contributed by atoms with van der Waals surface area (Å²) in [5.41, 5.74) is -0.613. The molecule has 0 unspecified atom stereocenters. The van der Waals surface area contributed by atoms with E-state index in [1.165, 1.54) is 18.3 Å². The van der Waals surface area contributed by atoms with Gasteiger partial charge in [-0.05, 0) is 22.6 Å². The van der Waals surface area contributed by atoms with Gasteiger partial charge in [0.2, 0.25) is 5.91 Å². The topological polar surface area (TPSA) is 138 Å². The van der Waals surface area contributed by atoms with E-state index in [4.69, 9.17) is 14.2 Å². The first kappa shape index (κ1) is 30.8. The molecule has 13 heteroatoms. The number of β-lactam (4-membered cyclic amide) rings is 1. The van der Waals surface area contributed by atoms with Crippen LogP contribution in [0.5, 0.6) is 0 Å². The molecule has 3 aromatic rings. The van der Waals surface area contributed by atoms with Gasteiger partial charge in [-0.2, -0.15) is 0 Å². The molecule has 0 aliphatic carbocycles. The fourth-order valence-electron chi connectivity index (χ4n) is 4.85. The lowest BCUT2D eigenvalue weighted by atomic mass is 9.97. The van der Waals surface area contributed by atoms with Crippen molar-refractivity contribution in [2.24, 2.45) is 0 Å². The zero-order valence-electron chi connectivity index (χ0n) is 23.7. The van der Waals surface area contributed by atoms with Crippen molar-refractivity contribution in [2.45, 2.75) is 30.5 Å². The van der Waals surface area contributed by atoms with Gasteiger partial charge < -0.3 is 24.3 Å². The molecule has 2 aliphatic rings. The molecular weight excluding hydrogens is 608 g/mol. The van der Waals surface area contributed by atoms with Gasteiger partial charge in [0, 0.05) is 23.1 Å². The average molecular weight is 637 g/mol. The zero-order chi connectivity index (χ0) is 31.3. The van der Waals surface area contributed by atoms with E-state index in [-0.39, 0.29) is 24.5 Å². The summed E-state index contributed by atoms with van der Waals surface area (Å²) in [4.78, 5) is 66.9. The fourth-order valence-corrected chi connectivity index (χ4v) is 6.93. The minimum Gasteiger partial charge on any atom is -0.461 e. The Kier molecular flexibility index (Phi) is 9.35. The molecular formula is C31H28N2O9S2. The van der Waals surface area contributed by atoms with Crippen molar-refractivity contribution < 1.29 is 42.9 Å². The number of rotatable bonds is 10. The number of amides is 2. The third kappa shape index (κ3) is 6.33. The van der Waals surface area contributed by atoms with E-state index in [0.717, 1.165) is 28.6 Å². The number of methoxy groups -OCH3 is 1. The molecule has 1 saturated heterocycles. The molecule has 1 aromatic heterocycles. The van der Waals surface area contributed by atoms with Gasteiger partial charge in [-0.3, -0.25) is 19.3 Å². The number of nitrogens with one attached hydrogen (secondary N) is 1. The molecule has 2 aromatic carbocycles. The first-order chi connectivity index (χ1) is 21.2. The minimum absolute atomic E-state index is 0.0626. The van der Waals surface area contributed by atoms with Gasteiger partial charge in [-0.15, -0.1) is 23.1 Å². The van der Waals surface area contributed by atoms with Gasteiger partial charge in [0.15, 0.2) is 11.5 Å². The molecule has 0 radical (unpaired) electrons. The maximum atomic E-state index is 14.0. The lowest BCUT2D eigenvalue weighted by Gasteiger charge is -2.55. The van der Waals surface area contributed by atoms with Crippen molar-refractivity contribution in [1.29, 1.82) is 0 Å². The van der Waals surface area contributed by atoms with Crippen LogP contribution in [0, 0.1) is 0 Å². The second-order valence-corrected chi connectivity index (χ2v) is 11.9. The van der Waals surface area contributed by atoms with Gasteiger partial charge in [0.1, 0.15) is 12.3 Å². The van der Waals surface area contributed by atoms with E-state index in [0.29, 0.717) is 16.7 Å². The van der Waals surface area contributed by atoms with E-state index in [1.807, 2.05) is 66.0 Å². The normalized spacial score (nSPS) is 19.0. The third-order valence-electron chi connectivity index (χ3n) is 6.83. The Morgan fingerprint density at radius 3 is 2.23 bits per heavy atom. The van der Waals surface area contributed by atoms with Crippen LogP contribution in [0.2, 0.25) is 0 Å². The van der Waals surface area contributed by atoms with Gasteiger partial charge in [0.05, 0.1) is 13.5 Å². The summed E-state index contributed by atoms with van der Waals surface area (Å²) in [5, 5.41) is 3.34. The van der Waals surface area contributed by atoms with Crippen LogP contribution in [0.25, 0.3) is 0 Å². The number of carbonyl (C=O) groups is 5. The number of esters is 2. The Hall–Kier alpha value is -4.62. The van der Waals surface area contributed by atoms with E-state index in [9.17, 15) is 24.0 Å². The molecule has 44 heavy (non-hydrogen) atoms. The highest BCUT2D eigenvalue weighted by molar-refractivity contribution is 8.00. The Morgan fingerprint density at radius 1 is 1.00 bits per heavy atom. The molecule has 3 heterocycles. The number of ether oxygens (including phenoxy) is 4. The second-order valence-electron chi connectivity index (χ2n) is 9.77. The van der Waals surface area contributed by atoms with E-state index in [2.05, 4.69) is 10.1 Å². The van der Waals surface area contributed by atoms with Crippen molar-refractivity contribution in [2.75, 3.05) is 19.5 Å². The van der Waals surface area contributed by atoms with Crippen LogP contribution in [0.15, 0.2) is 89.4 Å². The number of hydrogen-bond donors (Lipinski definition) is 1. The standard InChI is InChI=1S/C31H28N2O9S2/c1-19(34)40-17-22-18-44-29-31(42-30(38)39-2,32-24(35)16-23-14-9-15-43-23)28(37)33(29)25(22)27(36)41-26(20-10-5-3-6-11-20)21-12-7-4-8-13-21/h3-15,26,29H,16-18H2,1-2H3,(H,32,35)/t29-,31-/m1/s1. The molecule has 0 bridgehead atoms. The highest BCUT2D eigenvalue weighted by atomic mass is 32.2. The van der Waals surface area contributed by atoms with E-state index < -0.39 is 47.1 Å². The van der Waals surface area contributed by atoms with Gasteiger partial charge in [-0.1, -0.05) is 66.7 Å². The number of thioether (sulfide) groups is 1. The van der Waals surface area contributed by atoms with Crippen LogP contribution < -0.4 is 5.32 Å². The monoisotopic (exact) mass is 636 g/mol. The predicted octanol–water partition coefficient (Wildman–Crippen LogP) is 3.95. The van der Waals surface area contributed by atoms with Crippen molar-refractivity contribution in [3.63, 3.8) is 0 Å². The quantitative estimate of drug-likeness (QED) is 0.151. The number of benzene rings is 2. The highest BCUT2D eigenvalue weighted by Crippen LogP contribution is 2.48. The molecule has 1 N–H and O–H groups in total. The van der Waals surface area contributed by atoms with Gasteiger partial charge in [-0.25, -0.2) is 9.59 Å². The molecule has 0 spiro atoms. The first-order valence-electron chi connectivity index (χ1n) is 13.5. The van der Waals surface area contributed by atoms with Crippen molar-refractivity contribution >= 4 is 53.0 Å². The molecule has 2 aliphatic heterocycles. The third-order valence-corrected chi connectivity index (χ3v) is 9.08. The molecule has 0 saturated carbocycles. The van der Waals surface area contributed by atoms with Gasteiger partial charge in [0.25, 0.3) is 11.6 Å². The summed E-state index contributed by atoms with van der Waals surface area (Å²) < 4.78 is 21.3. The van der Waals surface area contributed by atoms with Crippen LogP contribution in [-0.4, -0.2) is 65.4 Å². The summed E-state index contributed by atoms with van der Waals surface area (Å²) in [6.07, 6.45) is -2.09. The largest absolute Gasteiger partial charge is 0.510 e. The lowest BCUT2D eigenvalue weighted by molar-refractivity contribution is -0.190. The van der Waals surface area contributed by atoms with Crippen LogP contribution in [0.3, 0.4) is 0 Å². The Labute approximate surface area is 261 Å². The van der Waals surface area contributed by atoms with Crippen molar-refractivity contribution in [1.82, 2.24) is 10.2 Å². The molecule has 1 fully saturated rings. The first-order valence-corrected chi connectivity index (χ1v) is 15.4. The minimum atomic E-state index is -2.15. The van der Waals surface area contributed by atoms with Gasteiger partial charge >= 0.3 is 18.1 Å². The SMILES string of the molecule is COC(=O)O[C@]1(NC(=O)Cc2cccs2)C(=O)N2C(C(=O)OC(c3ccccc3)c3ccccc3)=C(COC(C)=O)CS[C@@H]21. The Balaban J connectivity index is 1.49. The summed E-state index contributed by atoms with van der Waals surface area (Å²) in [6, 6.07) is 21.7. The summed E-state index contributed by atoms with van der Waals surface area (Å²) in [5.74, 6) is -2.80. The highest BCUT2D eigenvalue weighted by Gasteiger charge is 2.69. The number of carbonyl (C=O) groups excluding carboxylic acids is 5. The van der Waals surface area contributed by atoms with Crippen LogP contribution in [0.4, 0.5) is 4.79 Å². The number of hydrogen-bond acceptors (Lipinski definition) is 11. The van der Waals surface area contributed by atoms with Crippen LogP contribution in [-0.2, 0) is 44.5 Å². The van der Waals surface area contributed by atoms with E-state index in [1.54, 1.807) is 12.1 Å².